The summed E-state index contributed by atoms with van der Waals surface area (Å²) in [6.07, 6.45) is 3.19. The van der Waals surface area contributed by atoms with Gasteiger partial charge in [-0.2, -0.15) is 0 Å². The van der Waals surface area contributed by atoms with Crippen LogP contribution in [0.4, 0.5) is 4.79 Å². The Hall–Kier alpha value is -1.50. The molecular formula is C8H10N4O2S. The van der Waals surface area contributed by atoms with Gasteiger partial charge < -0.3 is 15.6 Å². The Balaban J connectivity index is 1.80. The van der Waals surface area contributed by atoms with Crippen LogP contribution in [0.25, 0.3) is 0 Å². The molecule has 2 amide bonds. The molecule has 2 rings (SSSR count). The molecule has 1 fully saturated rings. The van der Waals surface area contributed by atoms with Crippen LogP contribution >= 0.6 is 11.8 Å². The molecule has 1 aliphatic rings. The van der Waals surface area contributed by atoms with Crippen LogP contribution < -0.4 is 10.6 Å². The van der Waals surface area contributed by atoms with Crippen LogP contribution in [0.3, 0.4) is 0 Å². The van der Waals surface area contributed by atoms with Crippen molar-refractivity contribution in [3.05, 3.63) is 18.2 Å². The number of hydrogen-bond acceptors (Lipinski definition) is 4. The van der Waals surface area contributed by atoms with E-state index in [1.54, 1.807) is 12.5 Å². The van der Waals surface area contributed by atoms with Crippen LogP contribution in [0.1, 0.15) is 5.69 Å². The fraction of sp³-hybridized carbons (Fsp3) is 0.375. The van der Waals surface area contributed by atoms with Gasteiger partial charge in [-0.25, -0.2) is 4.98 Å². The summed E-state index contributed by atoms with van der Waals surface area (Å²) in [5, 5.41) is 5.14. The summed E-state index contributed by atoms with van der Waals surface area (Å²) in [4.78, 5) is 29.1. The van der Waals surface area contributed by atoms with Gasteiger partial charge in [0.15, 0.2) is 0 Å². The van der Waals surface area contributed by atoms with Crippen LogP contribution in [0.2, 0.25) is 0 Å². The molecule has 7 heteroatoms. The van der Waals surface area contributed by atoms with E-state index in [0.717, 1.165) is 17.5 Å². The van der Waals surface area contributed by atoms with Gasteiger partial charge in [-0.3, -0.25) is 9.59 Å². The van der Waals surface area contributed by atoms with Gasteiger partial charge in [0, 0.05) is 11.9 Å². The third kappa shape index (κ3) is 2.50. The lowest BCUT2D eigenvalue weighted by Crippen LogP contribution is -2.42. The van der Waals surface area contributed by atoms with E-state index in [9.17, 15) is 9.59 Å². The zero-order chi connectivity index (χ0) is 10.7. The van der Waals surface area contributed by atoms with Crippen molar-refractivity contribution in [2.45, 2.75) is 12.6 Å². The maximum atomic E-state index is 11.5. The number of imidazole rings is 1. The number of aromatic nitrogens is 2. The Kier molecular flexibility index (Phi) is 2.91. The molecular weight excluding hydrogens is 216 g/mol. The number of hydrogen-bond donors (Lipinski definition) is 3. The SMILES string of the molecule is O=C1NC(C(=O)NCc2cnc[nH]2)CS1. The highest BCUT2D eigenvalue weighted by molar-refractivity contribution is 8.14. The van der Waals surface area contributed by atoms with Crippen LogP contribution in [0.15, 0.2) is 12.5 Å². The van der Waals surface area contributed by atoms with Crippen LogP contribution in [0, 0.1) is 0 Å². The second-order valence-electron chi connectivity index (χ2n) is 3.09. The van der Waals surface area contributed by atoms with Crippen molar-refractivity contribution in [1.29, 1.82) is 0 Å². The summed E-state index contributed by atoms with van der Waals surface area (Å²) >= 11 is 1.13. The molecule has 1 unspecified atom stereocenters. The lowest BCUT2D eigenvalue weighted by Gasteiger charge is -2.08. The van der Waals surface area contributed by atoms with Gasteiger partial charge in [-0.05, 0) is 0 Å². The number of H-pyrrole nitrogens is 1. The van der Waals surface area contributed by atoms with Gasteiger partial charge in [0.05, 0.1) is 18.6 Å². The fourth-order valence-electron chi connectivity index (χ4n) is 1.21. The second-order valence-corrected chi connectivity index (χ2v) is 4.08. The molecule has 1 saturated heterocycles. The third-order valence-electron chi connectivity index (χ3n) is 2.00. The van der Waals surface area contributed by atoms with Crippen molar-refractivity contribution in [3.8, 4) is 0 Å². The van der Waals surface area contributed by atoms with E-state index in [-0.39, 0.29) is 11.1 Å². The Bertz CT molecular complexity index is 365. The predicted molar refractivity (Wildman–Crippen MR) is 55.2 cm³/mol. The number of thioether (sulfide) groups is 1. The van der Waals surface area contributed by atoms with Gasteiger partial charge in [0.25, 0.3) is 5.24 Å². The molecule has 0 saturated carbocycles. The smallest absolute Gasteiger partial charge is 0.279 e. The molecule has 1 aromatic rings. The van der Waals surface area contributed by atoms with Crippen molar-refractivity contribution in [1.82, 2.24) is 20.6 Å². The number of aromatic amines is 1. The van der Waals surface area contributed by atoms with Crippen molar-refractivity contribution < 1.29 is 9.59 Å². The highest BCUT2D eigenvalue weighted by Crippen LogP contribution is 2.12. The van der Waals surface area contributed by atoms with Crippen molar-refractivity contribution >= 4 is 22.9 Å². The lowest BCUT2D eigenvalue weighted by molar-refractivity contribution is -0.122. The molecule has 6 nitrogen and oxygen atoms in total. The highest BCUT2D eigenvalue weighted by Gasteiger charge is 2.27. The van der Waals surface area contributed by atoms with Gasteiger partial charge >= 0.3 is 0 Å². The first-order valence-corrected chi connectivity index (χ1v) is 5.42. The zero-order valence-corrected chi connectivity index (χ0v) is 8.63. The highest BCUT2D eigenvalue weighted by atomic mass is 32.2. The first-order valence-electron chi connectivity index (χ1n) is 4.44. The minimum Gasteiger partial charge on any atom is -0.349 e. The fourth-order valence-corrected chi connectivity index (χ4v) is 1.99. The summed E-state index contributed by atoms with van der Waals surface area (Å²) in [5.41, 5.74) is 0.834. The summed E-state index contributed by atoms with van der Waals surface area (Å²) in [5.74, 6) is 0.330. The summed E-state index contributed by atoms with van der Waals surface area (Å²) in [6.45, 7) is 0.399. The molecule has 0 aliphatic carbocycles. The minimum atomic E-state index is -0.412. The largest absolute Gasteiger partial charge is 0.349 e. The average Bonchev–Trinajstić information content (AvgIpc) is 2.84. The Morgan fingerprint density at radius 3 is 3.20 bits per heavy atom. The van der Waals surface area contributed by atoms with Gasteiger partial charge in [-0.1, -0.05) is 11.8 Å². The minimum absolute atomic E-state index is 0.142. The standard InChI is InChI=1S/C8H10N4O2S/c13-7(6-3-15-8(14)12-6)10-2-5-1-9-4-11-5/h1,4,6H,2-3H2,(H,9,11)(H,10,13)(H,12,14). The second kappa shape index (κ2) is 4.35. The topological polar surface area (TPSA) is 86.9 Å². The lowest BCUT2D eigenvalue weighted by atomic mass is 10.3. The Labute approximate surface area is 90.2 Å². The van der Waals surface area contributed by atoms with E-state index < -0.39 is 6.04 Å². The van der Waals surface area contributed by atoms with E-state index >= 15 is 0 Å². The van der Waals surface area contributed by atoms with E-state index in [1.165, 1.54) is 0 Å². The summed E-state index contributed by atoms with van der Waals surface area (Å²) in [6, 6.07) is -0.412. The van der Waals surface area contributed by atoms with Gasteiger partial charge in [0.2, 0.25) is 5.91 Å². The molecule has 3 N–H and O–H groups in total. The molecule has 1 aliphatic heterocycles. The van der Waals surface area contributed by atoms with Crippen molar-refractivity contribution in [3.63, 3.8) is 0 Å². The summed E-state index contributed by atoms with van der Waals surface area (Å²) < 4.78 is 0. The zero-order valence-electron chi connectivity index (χ0n) is 7.82. The number of nitrogens with one attached hydrogen (secondary N) is 3. The first-order chi connectivity index (χ1) is 7.25. The normalized spacial score (nSPS) is 20.0. The van der Waals surface area contributed by atoms with E-state index in [1.807, 2.05) is 0 Å². The quantitative estimate of drug-likeness (QED) is 0.669. The molecule has 0 spiro atoms. The first kappa shape index (κ1) is 10.0. The van der Waals surface area contributed by atoms with E-state index in [2.05, 4.69) is 20.6 Å². The number of carbonyl (C=O) groups is 2. The number of carbonyl (C=O) groups excluding carboxylic acids is 2. The maximum absolute atomic E-state index is 11.5. The maximum Gasteiger partial charge on any atom is 0.279 e. The molecule has 0 radical (unpaired) electrons. The van der Waals surface area contributed by atoms with Gasteiger partial charge in [-0.15, -0.1) is 0 Å². The monoisotopic (exact) mass is 226 g/mol. The van der Waals surface area contributed by atoms with Crippen molar-refractivity contribution in [2.24, 2.45) is 0 Å². The van der Waals surface area contributed by atoms with Crippen LogP contribution in [-0.4, -0.2) is 32.9 Å². The van der Waals surface area contributed by atoms with Crippen LogP contribution in [-0.2, 0) is 11.3 Å². The molecule has 2 heterocycles. The Morgan fingerprint density at radius 1 is 1.73 bits per heavy atom. The molecule has 80 valence electrons. The number of nitrogens with zero attached hydrogens (tertiary/aromatic N) is 1. The number of amides is 2. The molecule has 1 atom stereocenters. The van der Waals surface area contributed by atoms with Crippen molar-refractivity contribution in [2.75, 3.05) is 5.75 Å². The van der Waals surface area contributed by atoms with E-state index in [0.29, 0.717) is 12.3 Å². The third-order valence-corrected chi connectivity index (χ3v) is 2.88. The Morgan fingerprint density at radius 2 is 2.60 bits per heavy atom. The van der Waals surface area contributed by atoms with Crippen LogP contribution in [0.5, 0.6) is 0 Å². The molecule has 0 bridgehead atoms. The molecule has 1 aromatic heterocycles. The summed E-state index contributed by atoms with van der Waals surface area (Å²) in [7, 11) is 0. The molecule has 0 aromatic carbocycles. The molecule has 15 heavy (non-hydrogen) atoms. The van der Waals surface area contributed by atoms with E-state index in [4.69, 9.17) is 0 Å². The predicted octanol–water partition coefficient (Wildman–Crippen LogP) is -0.149. The average molecular weight is 226 g/mol. The van der Waals surface area contributed by atoms with Gasteiger partial charge in [0.1, 0.15) is 6.04 Å². The number of rotatable bonds is 3.